The number of esters is 1. The summed E-state index contributed by atoms with van der Waals surface area (Å²) in [5.41, 5.74) is 1.60. The predicted octanol–water partition coefficient (Wildman–Crippen LogP) is 2.44. The van der Waals surface area contributed by atoms with E-state index in [9.17, 15) is 9.90 Å². The van der Waals surface area contributed by atoms with Gasteiger partial charge in [0.15, 0.2) is 0 Å². The molecule has 0 spiro atoms. The first kappa shape index (κ1) is 9.90. The van der Waals surface area contributed by atoms with Crippen molar-refractivity contribution in [2.75, 3.05) is 0 Å². The zero-order valence-electron chi connectivity index (χ0n) is 8.96. The number of carbonyl (C=O) groups excluding carboxylic acids is 1. The van der Waals surface area contributed by atoms with Crippen molar-refractivity contribution in [3.05, 3.63) is 59.7 Å². The third-order valence-electron chi connectivity index (χ3n) is 2.88. The molecule has 1 atom stereocenters. The summed E-state index contributed by atoms with van der Waals surface area (Å²) in [6.45, 7) is 0. The predicted molar refractivity (Wildman–Crippen MR) is 62.0 cm³/mol. The van der Waals surface area contributed by atoms with Gasteiger partial charge in [-0.1, -0.05) is 30.3 Å². The highest BCUT2D eigenvalue weighted by Gasteiger charge is 2.34. The van der Waals surface area contributed by atoms with Crippen molar-refractivity contribution < 1.29 is 14.6 Å². The Labute approximate surface area is 98.3 Å². The topological polar surface area (TPSA) is 46.5 Å². The van der Waals surface area contributed by atoms with Gasteiger partial charge in [-0.3, -0.25) is 4.79 Å². The van der Waals surface area contributed by atoms with Gasteiger partial charge in [0.1, 0.15) is 17.4 Å². The lowest BCUT2D eigenvalue weighted by Gasteiger charge is -2.07. The van der Waals surface area contributed by atoms with Gasteiger partial charge in [0.25, 0.3) is 0 Å². The number of aromatic hydroxyl groups is 1. The van der Waals surface area contributed by atoms with E-state index in [-0.39, 0.29) is 11.7 Å². The molecular weight excluding hydrogens is 216 g/mol. The number of carbonyl (C=O) groups is 1. The van der Waals surface area contributed by atoms with Crippen LogP contribution in [0.25, 0.3) is 0 Å². The Morgan fingerprint density at radius 1 is 1.06 bits per heavy atom. The van der Waals surface area contributed by atoms with Crippen LogP contribution in [0, 0.1) is 0 Å². The molecule has 0 fully saturated rings. The summed E-state index contributed by atoms with van der Waals surface area (Å²) < 4.78 is 5.18. The van der Waals surface area contributed by atoms with Gasteiger partial charge in [-0.15, -0.1) is 0 Å². The van der Waals surface area contributed by atoms with Gasteiger partial charge in [-0.05, 0) is 23.8 Å². The number of hydrogen-bond donors (Lipinski definition) is 1. The fourth-order valence-electron chi connectivity index (χ4n) is 2.11. The highest BCUT2D eigenvalue weighted by Crippen LogP contribution is 2.40. The Morgan fingerprint density at radius 2 is 1.82 bits per heavy atom. The standard InChI is InChI=1S/C14H10O3/c15-10-6-7-12-11(8-10)13(14(16)17-12)9-4-2-1-3-5-9/h1-8,13,15H. The van der Waals surface area contributed by atoms with Crippen molar-refractivity contribution in [3.8, 4) is 11.5 Å². The minimum absolute atomic E-state index is 0.142. The lowest BCUT2D eigenvalue weighted by molar-refractivity contribution is -0.133. The minimum Gasteiger partial charge on any atom is -0.508 e. The lowest BCUT2D eigenvalue weighted by Crippen LogP contribution is -2.11. The van der Waals surface area contributed by atoms with E-state index in [2.05, 4.69) is 0 Å². The third-order valence-corrected chi connectivity index (χ3v) is 2.88. The summed E-state index contributed by atoms with van der Waals surface area (Å²) >= 11 is 0. The fraction of sp³-hybridized carbons (Fsp3) is 0.0714. The molecule has 0 aromatic heterocycles. The molecule has 2 aromatic rings. The van der Waals surface area contributed by atoms with Crippen LogP contribution in [0.1, 0.15) is 17.0 Å². The lowest BCUT2D eigenvalue weighted by atomic mass is 9.92. The van der Waals surface area contributed by atoms with E-state index in [0.29, 0.717) is 5.75 Å². The number of phenolic OH excluding ortho intramolecular Hbond substituents is 1. The first-order valence-electron chi connectivity index (χ1n) is 5.35. The molecule has 0 aliphatic carbocycles. The van der Waals surface area contributed by atoms with Crippen LogP contribution >= 0.6 is 0 Å². The molecule has 3 rings (SSSR count). The van der Waals surface area contributed by atoms with Gasteiger partial charge in [-0.25, -0.2) is 0 Å². The van der Waals surface area contributed by atoms with Crippen molar-refractivity contribution in [1.29, 1.82) is 0 Å². The van der Waals surface area contributed by atoms with Crippen LogP contribution in [-0.4, -0.2) is 11.1 Å². The minimum atomic E-state index is -0.432. The second-order valence-corrected chi connectivity index (χ2v) is 3.99. The zero-order valence-corrected chi connectivity index (χ0v) is 8.96. The highest BCUT2D eigenvalue weighted by molar-refractivity contribution is 5.89. The van der Waals surface area contributed by atoms with E-state index in [1.54, 1.807) is 12.1 Å². The monoisotopic (exact) mass is 226 g/mol. The van der Waals surface area contributed by atoms with Crippen molar-refractivity contribution in [1.82, 2.24) is 0 Å². The molecule has 1 heterocycles. The van der Waals surface area contributed by atoms with Gasteiger partial charge < -0.3 is 9.84 Å². The number of fused-ring (bicyclic) bond motifs is 1. The van der Waals surface area contributed by atoms with Gasteiger partial charge in [0.2, 0.25) is 0 Å². The van der Waals surface area contributed by atoms with E-state index in [4.69, 9.17) is 4.74 Å². The summed E-state index contributed by atoms with van der Waals surface area (Å²) in [5, 5.41) is 9.48. The van der Waals surface area contributed by atoms with Crippen LogP contribution in [0.3, 0.4) is 0 Å². The summed E-state index contributed by atoms with van der Waals surface area (Å²) in [7, 11) is 0. The average molecular weight is 226 g/mol. The normalized spacial score (nSPS) is 17.6. The van der Waals surface area contributed by atoms with E-state index in [0.717, 1.165) is 11.1 Å². The second-order valence-electron chi connectivity index (χ2n) is 3.99. The number of phenols is 1. The van der Waals surface area contributed by atoms with E-state index in [1.807, 2.05) is 30.3 Å². The number of hydrogen-bond acceptors (Lipinski definition) is 3. The molecule has 84 valence electrons. The average Bonchev–Trinajstić information content (AvgIpc) is 2.65. The van der Waals surface area contributed by atoms with E-state index >= 15 is 0 Å². The Morgan fingerprint density at radius 3 is 2.59 bits per heavy atom. The van der Waals surface area contributed by atoms with Crippen LogP contribution in [0.5, 0.6) is 11.5 Å². The Balaban J connectivity index is 2.14. The maximum Gasteiger partial charge on any atom is 0.323 e. The summed E-state index contributed by atoms with van der Waals surface area (Å²) in [6, 6.07) is 14.1. The van der Waals surface area contributed by atoms with Crippen molar-refractivity contribution in [3.63, 3.8) is 0 Å². The highest BCUT2D eigenvalue weighted by atomic mass is 16.5. The maximum absolute atomic E-state index is 11.8. The first-order chi connectivity index (χ1) is 8.25. The van der Waals surface area contributed by atoms with Crippen molar-refractivity contribution >= 4 is 5.97 Å². The molecule has 0 saturated carbocycles. The molecule has 17 heavy (non-hydrogen) atoms. The van der Waals surface area contributed by atoms with Gasteiger partial charge in [0, 0.05) is 5.56 Å². The number of rotatable bonds is 1. The maximum atomic E-state index is 11.8. The Hall–Kier alpha value is -2.29. The van der Waals surface area contributed by atoms with Gasteiger partial charge >= 0.3 is 5.97 Å². The van der Waals surface area contributed by atoms with Crippen LogP contribution in [0.4, 0.5) is 0 Å². The van der Waals surface area contributed by atoms with Gasteiger partial charge in [-0.2, -0.15) is 0 Å². The smallest absolute Gasteiger partial charge is 0.323 e. The molecule has 0 saturated heterocycles. The largest absolute Gasteiger partial charge is 0.508 e. The van der Waals surface area contributed by atoms with E-state index < -0.39 is 5.92 Å². The summed E-state index contributed by atoms with van der Waals surface area (Å²) in [5.74, 6) is -0.0558. The van der Waals surface area contributed by atoms with Crippen LogP contribution < -0.4 is 4.74 Å². The molecule has 3 heteroatoms. The first-order valence-corrected chi connectivity index (χ1v) is 5.35. The Bertz CT molecular complexity index is 575. The molecule has 0 bridgehead atoms. The van der Waals surface area contributed by atoms with Crippen molar-refractivity contribution in [2.45, 2.75) is 5.92 Å². The number of ether oxygens (including phenoxy) is 1. The molecular formula is C14H10O3. The molecule has 0 amide bonds. The zero-order chi connectivity index (χ0) is 11.8. The second kappa shape index (κ2) is 3.63. The molecule has 3 nitrogen and oxygen atoms in total. The fourth-order valence-corrected chi connectivity index (χ4v) is 2.11. The van der Waals surface area contributed by atoms with E-state index in [1.165, 1.54) is 6.07 Å². The molecule has 1 aliphatic rings. The van der Waals surface area contributed by atoms with Crippen LogP contribution in [0.2, 0.25) is 0 Å². The third kappa shape index (κ3) is 1.56. The molecule has 1 unspecified atom stereocenters. The Kier molecular flexibility index (Phi) is 2.11. The molecule has 1 N–H and O–H groups in total. The molecule has 2 aromatic carbocycles. The SMILES string of the molecule is O=C1Oc2ccc(O)cc2C1c1ccccc1. The quantitative estimate of drug-likeness (QED) is 0.600. The summed E-state index contributed by atoms with van der Waals surface area (Å²) in [6.07, 6.45) is 0. The van der Waals surface area contributed by atoms with Crippen molar-refractivity contribution in [2.24, 2.45) is 0 Å². The summed E-state index contributed by atoms with van der Waals surface area (Å²) in [4.78, 5) is 11.8. The van der Waals surface area contributed by atoms with Gasteiger partial charge in [0.05, 0.1) is 0 Å². The molecule has 1 aliphatic heterocycles. The van der Waals surface area contributed by atoms with Crippen LogP contribution in [0.15, 0.2) is 48.5 Å². The number of benzene rings is 2. The van der Waals surface area contributed by atoms with Crippen LogP contribution in [-0.2, 0) is 4.79 Å². The molecule has 0 radical (unpaired) electrons.